The molecule has 1 aliphatic heterocycles. The van der Waals surface area contributed by atoms with Crippen molar-refractivity contribution in [3.63, 3.8) is 0 Å². The first-order chi connectivity index (χ1) is 11.2. The van der Waals surface area contributed by atoms with E-state index in [1.54, 1.807) is 18.7 Å². The zero-order valence-electron chi connectivity index (χ0n) is 15.1. The van der Waals surface area contributed by atoms with Gasteiger partial charge in [0.25, 0.3) is 0 Å². The number of hydrogen-bond acceptors (Lipinski definition) is 5. The lowest BCUT2D eigenvalue weighted by Gasteiger charge is -2.33. The molecular weight excluding hydrogens is 310 g/mol. The quantitative estimate of drug-likeness (QED) is 0.655. The molecular formula is C16H27N5O3. The van der Waals surface area contributed by atoms with Crippen LogP contribution in [-0.4, -0.2) is 39.7 Å². The molecule has 2 rings (SSSR count). The summed E-state index contributed by atoms with van der Waals surface area (Å²) in [6.07, 6.45) is 1.38. The van der Waals surface area contributed by atoms with Crippen LogP contribution in [0.4, 0.5) is 11.5 Å². The van der Waals surface area contributed by atoms with Gasteiger partial charge in [-0.25, -0.2) is 4.68 Å². The van der Waals surface area contributed by atoms with Crippen LogP contribution in [0.25, 0.3) is 0 Å². The van der Waals surface area contributed by atoms with E-state index < -0.39 is 0 Å². The molecule has 1 saturated heterocycles. The van der Waals surface area contributed by atoms with E-state index in [0.717, 1.165) is 0 Å². The summed E-state index contributed by atoms with van der Waals surface area (Å²) < 4.78 is 1.56. The Morgan fingerprint density at radius 1 is 1.33 bits per heavy atom. The van der Waals surface area contributed by atoms with Gasteiger partial charge in [-0.05, 0) is 32.6 Å². The molecule has 0 radical (unpaired) electrons. The van der Waals surface area contributed by atoms with Crippen molar-refractivity contribution in [2.24, 2.45) is 18.9 Å². The average molecular weight is 337 g/mol. The molecule has 24 heavy (non-hydrogen) atoms. The Labute approximate surface area is 142 Å². The molecule has 8 heteroatoms. The Hall–Kier alpha value is -2.12. The number of aryl methyl sites for hydroxylation is 2. The third kappa shape index (κ3) is 3.68. The molecule has 134 valence electrons. The zero-order valence-corrected chi connectivity index (χ0v) is 15.1. The van der Waals surface area contributed by atoms with E-state index in [9.17, 15) is 14.9 Å². The number of hydrogen-bond donors (Lipinski definition) is 1. The monoisotopic (exact) mass is 337 g/mol. The Morgan fingerprint density at radius 2 is 1.92 bits per heavy atom. The van der Waals surface area contributed by atoms with Crippen LogP contribution in [0.2, 0.25) is 0 Å². The number of nitro groups is 1. The summed E-state index contributed by atoms with van der Waals surface area (Å²) in [4.78, 5) is 25.3. The highest BCUT2D eigenvalue weighted by Gasteiger charge is 2.33. The van der Waals surface area contributed by atoms with E-state index in [1.807, 2.05) is 11.8 Å². The normalized spacial score (nSPS) is 17.2. The number of amides is 1. The number of rotatable bonds is 5. The number of carbonyl (C=O) groups is 1. The molecule has 0 bridgehead atoms. The van der Waals surface area contributed by atoms with Gasteiger partial charge in [0.15, 0.2) is 0 Å². The van der Waals surface area contributed by atoms with Crippen molar-refractivity contribution in [1.82, 2.24) is 15.1 Å². The third-order valence-electron chi connectivity index (χ3n) is 4.88. The summed E-state index contributed by atoms with van der Waals surface area (Å²) in [6, 6.07) is 0.149. The van der Waals surface area contributed by atoms with Gasteiger partial charge in [0.05, 0.1) is 4.92 Å². The van der Waals surface area contributed by atoms with Crippen LogP contribution in [0.1, 0.15) is 39.3 Å². The minimum absolute atomic E-state index is 0.0316. The fraction of sp³-hybridized carbons (Fsp3) is 0.750. The molecule has 8 nitrogen and oxygen atoms in total. The van der Waals surface area contributed by atoms with Crippen LogP contribution in [0.15, 0.2) is 0 Å². The highest BCUT2D eigenvalue weighted by Crippen LogP contribution is 2.33. The molecule has 1 fully saturated rings. The van der Waals surface area contributed by atoms with Crippen molar-refractivity contribution in [3.05, 3.63) is 15.8 Å². The number of nitrogens with zero attached hydrogens (tertiary/aromatic N) is 4. The topological polar surface area (TPSA) is 93.3 Å². The fourth-order valence-electron chi connectivity index (χ4n) is 3.07. The second-order valence-corrected chi connectivity index (χ2v) is 6.94. The second-order valence-electron chi connectivity index (χ2n) is 6.94. The highest BCUT2D eigenvalue weighted by atomic mass is 16.6. The summed E-state index contributed by atoms with van der Waals surface area (Å²) >= 11 is 0. The summed E-state index contributed by atoms with van der Waals surface area (Å²) in [5.74, 6) is 0.989. The van der Waals surface area contributed by atoms with Gasteiger partial charge in [-0.3, -0.25) is 14.9 Å². The van der Waals surface area contributed by atoms with Crippen molar-refractivity contribution in [1.29, 1.82) is 0 Å². The number of aromatic nitrogens is 2. The fourth-order valence-corrected chi connectivity index (χ4v) is 3.07. The van der Waals surface area contributed by atoms with Gasteiger partial charge in [0, 0.05) is 32.1 Å². The van der Waals surface area contributed by atoms with Gasteiger partial charge in [-0.15, -0.1) is 0 Å². The molecule has 2 heterocycles. The molecule has 0 aliphatic carbocycles. The van der Waals surface area contributed by atoms with Crippen LogP contribution in [0.3, 0.4) is 0 Å². The number of anilines is 1. The first kappa shape index (κ1) is 18.2. The van der Waals surface area contributed by atoms with E-state index in [2.05, 4.69) is 24.3 Å². The van der Waals surface area contributed by atoms with Gasteiger partial charge in [-0.1, -0.05) is 13.8 Å². The second kappa shape index (κ2) is 7.19. The van der Waals surface area contributed by atoms with E-state index >= 15 is 0 Å². The maximum atomic E-state index is 12.3. The maximum absolute atomic E-state index is 12.3. The summed E-state index contributed by atoms with van der Waals surface area (Å²) in [5.41, 5.74) is 0.483. The van der Waals surface area contributed by atoms with E-state index in [1.165, 1.54) is 0 Å². The lowest BCUT2D eigenvalue weighted by molar-refractivity contribution is -0.384. The van der Waals surface area contributed by atoms with Crippen LogP contribution in [0.5, 0.6) is 0 Å². The summed E-state index contributed by atoms with van der Waals surface area (Å²) in [6.45, 7) is 9.06. The van der Waals surface area contributed by atoms with Gasteiger partial charge in [-0.2, -0.15) is 5.10 Å². The van der Waals surface area contributed by atoms with Crippen molar-refractivity contribution >= 4 is 17.4 Å². The average Bonchev–Trinajstić information content (AvgIpc) is 2.81. The standard InChI is InChI=1S/C16H27N5O3/c1-10(2)11(3)17-15(22)13-6-8-20(9-7-13)16-14(21(23)24)12(4)18-19(16)5/h10-11,13H,6-9H2,1-5H3,(H,17,22). The Kier molecular flexibility index (Phi) is 5.46. The lowest BCUT2D eigenvalue weighted by Crippen LogP contribution is -2.44. The largest absolute Gasteiger partial charge is 0.353 e. The molecule has 1 unspecified atom stereocenters. The zero-order chi connectivity index (χ0) is 18.0. The molecule has 0 spiro atoms. The Morgan fingerprint density at radius 3 is 2.42 bits per heavy atom. The molecule has 1 atom stereocenters. The number of nitrogens with one attached hydrogen (secondary N) is 1. The van der Waals surface area contributed by atoms with Crippen LogP contribution in [-0.2, 0) is 11.8 Å². The molecule has 0 saturated carbocycles. The number of piperidine rings is 1. The highest BCUT2D eigenvalue weighted by molar-refractivity contribution is 5.79. The molecule has 1 aromatic heterocycles. The van der Waals surface area contributed by atoms with Crippen molar-refractivity contribution in [2.75, 3.05) is 18.0 Å². The lowest BCUT2D eigenvalue weighted by atomic mass is 9.94. The number of carbonyl (C=O) groups excluding carboxylic acids is 1. The van der Waals surface area contributed by atoms with E-state index in [-0.39, 0.29) is 28.5 Å². The SMILES string of the molecule is Cc1nn(C)c(N2CCC(C(=O)NC(C)C(C)C)CC2)c1[N+](=O)[O-]. The molecule has 1 aromatic rings. The smallest absolute Gasteiger partial charge is 0.333 e. The van der Waals surface area contributed by atoms with Crippen molar-refractivity contribution in [3.8, 4) is 0 Å². The molecule has 1 N–H and O–H groups in total. The van der Waals surface area contributed by atoms with Gasteiger partial charge in [0.2, 0.25) is 11.7 Å². The van der Waals surface area contributed by atoms with Crippen molar-refractivity contribution in [2.45, 2.75) is 46.6 Å². The van der Waals surface area contributed by atoms with Crippen LogP contribution in [0, 0.1) is 28.9 Å². The van der Waals surface area contributed by atoms with Crippen LogP contribution < -0.4 is 10.2 Å². The predicted octanol–water partition coefficient (Wildman–Crippen LogP) is 2.01. The summed E-state index contributed by atoms with van der Waals surface area (Å²) in [5, 5.41) is 18.6. The molecule has 1 aliphatic rings. The van der Waals surface area contributed by atoms with E-state index in [4.69, 9.17) is 0 Å². The third-order valence-corrected chi connectivity index (χ3v) is 4.88. The maximum Gasteiger partial charge on any atom is 0.333 e. The minimum Gasteiger partial charge on any atom is -0.353 e. The van der Waals surface area contributed by atoms with Crippen molar-refractivity contribution < 1.29 is 9.72 Å². The Balaban J connectivity index is 2.03. The van der Waals surface area contributed by atoms with Crippen LogP contribution >= 0.6 is 0 Å². The molecule has 0 aromatic carbocycles. The predicted molar refractivity (Wildman–Crippen MR) is 92.0 cm³/mol. The van der Waals surface area contributed by atoms with Gasteiger partial charge < -0.3 is 10.2 Å². The van der Waals surface area contributed by atoms with Gasteiger partial charge in [0.1, 0.15) is 5.69 Å². The van der Waals surface area contributed by atoms with Gasteiger partial charge >= 0.3 is 5.69 Å². The summed E-state index contributed by atoms with van der Waals surface area (Å²) in [7, 11) is 1.72. The first-order valence-electron chi connectivity index (χ1n) is 8.45. The molecule has 1 amide bonds. The first-order valence-corrected chi connectivity index (χ1v) is 8.45. The Bertz CT molecular complexity index is 617. The minimum atomic E-state index is -0.374. The van der Waals surface area contributed by atoms with E-state index in [0.29, 0.717) is 43.4 Å².